The molecule has 9 heteroatoms. The van der Waals surface area contributed by atoms with Crippen molar-refractivity contribution in [3.63, 3.8) is 0 Å². The Hall–Kier alpha value is -3.27. The van der Waals surface area contributed by atoms with Crippen LogP contribution in [0.25, 0.3) is 0 Å². The molecule has 196 valence electrons. The first-order valence-electron chi connectivity index (χ1n) is 13.0. The lowest BCUT2D eigenvalue weighted by atomic mass is 9.83. The molecule has 1 N–H and O–H groups in total. The highest BCUT2D eigenvalue weighted by Gasteiger charge is 2.51. The van der Waals surface area contributed by atoms with Gasteiger partial charge in [-0.05, 0) is 31.2 Å². The summed E-state index contributed by atoms with van der Waals surface area (Å²) in [6, 6.07) is 16.8. The van der Waals surface area contributed by atoms with Crippen molar-refractivity contribution in [1.82, 2.24) is 20.1 Å². The van der Waals surface area contributed by atoms with Gasteiger partial charge in [-0.3, -0.25) is 19.3 Å². The van der Waals surface area contributed by atoms with E-state index in [1.807, 2.05) is 71.3 Å². The molecule has 9 nitrogen and oxygen atoms in total. The van der Waals surface area contributed by atoms with Crippen molar-refractivity contribution in [2.75, 3.05) is 64.5 Å². The van der Waals surface area contributed by atoms with E-state index in [0.29, 0.717) is 58.0 Å². The highest BCUT2D eigenvalue weighted by Crippen LogP contribution is 2.33. The zero-order valence-corrected chi connectivity index (χ0v) is 21.5. The largest absolute Gasteiger partial charge is 0.383 e. The number of amides is 3. The Morgan fingerprint density at radius 3 is 2.30 bits per heavy atom. The van der Waals surface area contributed by atoms with Crippen LogP contribution in [0.4, 0.5) is 5.69 Å². The minimum atomic E-state index is -0.368. The van der Waals surface area contributed by atoms with E-state index in [0.717, 1.165) is 11.3 Å². The third-order valence-electron chi connectivity index (χ3n) is 7.71. The third-order valence-corrected chi connectivity index (χ3v) is 7.71. The van der Waals surface area contributed by atoms with Crippen molar-refractivity contribution in [3.05, 3.63) is 65.7 Å². The van der Waals surface area contributed by atoms with Crippen molar-refractivity contribution in [2.24, 2.45) is 11.8 Å². The molecule has 3 heterocycles. The van der Waals surface area contributed by atoms with Gasteiger partial charge in [-0.1, -0.05) is 35.9 Å². The number of aryl methyl sites for hydroxylation is 1. The number of methoxy groups -OCH3 is 1. The summed E-state index contributed by atoms with van der Waals surface area (Å²) in [5.41, 5.74) is 5.93. The third kappa shape index (κ3) is 5.25. The summed E-state index contributed by atoms with van der Waals surface area (Å²) < 4.78 is 5.28. The average molecular weight is 506 g/mol. The van der Waals surface area contributed by atoms with Gasteiger partial charge in [-0.15, -0.1) is 0 Å². The van der Waals surface area contributed by atoms with Gasteiger partial charge in [0.05, 0.1) is 30.2 Å². The molecule has 0 radical (unpaired) electrons. The molecule has 3 amide bonds. The van der Waals surface area contributed by atoms with Crippen molar-refractivity contribution >= 4 is 23.4 Å². The van der Waals surface area contributed by atoms with Gasteiger partial charge in [0, 0.05) is 58.5 Å². The number of piperidine rings is 1. The highest BCUT2D eigenvalue weighted by atomic mass is 16.5. The lowest BCUT2D eigenvalue weighted by molar-refractivity contribution is -0.141. The molecule has 0 bridgehead atoms. The normalized spacial score (nSPS) is 24.3. The molecule has 0 spiro atoms. The maximum Gasteiger partial charge on any atom is 0.253 e. The first-order chi connectivity index (χ1) is 18.0. The maximum atomic E-state index is 13.8. The summed E-state index contributed by atoms with van der Waals surface area (Å²) in [4.78, 5) is 46.0. The second kappa shape index (κ2) is 11.0. The number of rotatable bonds is 6. The van der Waals surface area contributed by atoms with Crippen LogP contribution < -0.4 is 10.4 Å². The number of piperazine rings is 1. The molecule has 0 saturated carbocycles. The Morgan fingerprint density at radius 1 is 0.946 bits per heavy atom. The zero-order chi connectivity index (χ0) is 25.9. The van der Waals surface area contributed by atoms with E-state index in [1.54, 1.807) is 12.1 Å². The monoisotopic (exact) mass is 505 g/mol. The molecule has 5 rings (SSSR count). The summed E-state index contributed by atoms with van der Waals surface area (Å²) >= 11 is 0. The molecule has 2 aromatic rings. The van der Waals surface area contributed by atoms with E-state index in [1.165, 1.54) is 0 Å². The minimum absolute atomic E-state index is 0.00266. The van der Waals surface area contributed by atoms with Gasteiger partial charge >= 0.3 is 0 Å². The summed E-state index contributed by atoms with van der Waals surface area (Å²) in [5.74, 6) is -0.659. The predicted octanol–water partition coefficient (Wildman–Crippen LogP) is 1.39. The van der Waals surface area contributed by atoms with Gasteiger partial charge in [0.15, 0.2) is 0 Å². The number of nitrogens with zero attached hydrogens (tertiary/aromatic N) is 4. The van der Waals surface area contributed by atoms with Gasteiger partial charge in [-0.25, -0.2) is 10.4 Å². The van der Waals surface area contributed by atoms with E-state index < -0.39 is 0 Å². The SMILES string of the molecule is COCCN1CC(C(=O)N2CCN(C(=O)c3ccc(C)cc3)CC2)C2NN(c3ccccc3)C(=O)C2C1. The molecule has 3 saturated heterocycles. The Morgan fingerprint density at radius 2 is 1.62 bits per heavy atom. The second-order valence-electron chi connectivity index (χ2n) is 10.1. The Labute approximate surface area is 217 Å². The number of ether oxygens (including phenoxy) is 1. The van der Waals surface area contributed by atoms with Gasteiger partial charge in [0.1, 0.15) is 0 Å². The zero-order valence-electron chi connectivity index (χ0n) is 21.5. The molecule has 0 aliphatic carbocycles. The van der Waals surface area contributed by atoms with Crippen LogP contribution in [0.15, 0.2) is 54.6 Å². The van der Waals surface area contributed by atoms with Gasteiger partial charge in [0.25, 0.3) is 5.91 Å². The number of benzene rings is 2. The van der Waals surface area contributed by atoms with E-state index >= 15 is 0 Å². The number of para-hydroxylation sites is 1. The Bertz CT molecular complexity index is 1120. The van der Waals surface area contributed by atoms with Gasteiger partial charge in [-0.2, -0.15) is 0 Å². The van der Waals surface area contributed by atoms with Gasteiger partial charge in [0.2, 0.25) is 11.8 Å². The molecule has 3 fully saturated rings. The molecule has 3 unspecified atom stereocenters. The average Bonchev–Trinajstić information content (AvgIpc) is 3.28. The number of anilines is 1. The van der Waals surface area contributed by atoms with E-state index in [9.17, 15) is 14.4 Å². The molecule has 37 heavy (non-hydrogen) atoms. The fourth-order valence-corrected chi connectivity index (χ4v) is 5.59. The minimum Gasteiger partial charge on any atom is -0.383 e. The Kier molecular flexibility index (Phi) is 7.55. The molecule has 0 aromatic heterocycles. The summed E-state index contributed by atoms with van der Waals surface area (Å²) in [6.07, 6.45) is 0. The number of carbonyl (C=O) groups excluding carboxylic acids is 3. The fraction of sp³-hybridized carbons (Fsp3) is 0.464. The van der Waals surface area contributed by atoms with Crippen molar-refractivity contribution in [1.29, 1.82) is 0 Å². The first kappa shape index (κ1) is 25.4. The quantitative estimate of drug-likeness (QED) is 0.639. The highest BCUT2D eigenvalue weighted by molar-refractivity contribution is 5.98. The van der Waals surface area contributed by atoms with Crippen LogP contribution in [0.1, 0.15) is 15.9 Å². The van der Waals surface area contributed by atoms with Crippen molar-refractivity contribution in [2.45, 2.75) is 13.0 Å². The Balaban J connectivity index is 1.28. The second-order valence-corrected chi connectivity index (χ2v) is 10.1. The van der Waals surface area contributed by atoms with Crippen LogP contribution >= 0.6 is 0 Å². The van der Waals surface area contributed by atoms with Crippen LogP contribution in [0, 0.1) is 18.8 Å². The van der Waals surface area contributed by atoms with Crippen molar-refractivity contribution in [3.8, 4) is 0 Å². The van der Waals surface area contributed by atoms with Gasteiger partial charge < -0.3 is 14.5 Å². The topological polar surface area (TPSA) is 85.4 Å². The predicted molar refractivity (Wildman–Crippen MR) is 140 cm³/mol. The first-order valence-corrected chi connectivity index (χ1v) is 13.0. The standard InChI is InChI=1S/C28H35N5O4/c1-20-8-10-21(11-9-20)26(34)31-12-14-32(15-13-31)27(35)23-18-30(16-17-37-2)19-24-25(23)29-33(28(24)36)22-6-4-3-5-7-22/h3-11,23-25,29H,12-19H2,1-2H3. The number of carbonyl (C=O) groups is 3. The summed E-state index contributed by atoms with van der Waals surface area (Å²) in [7, 11) is 1.66. The maximum absolute atomic E-state index is 13.8. The van der Waals surface area contributed by atoms with E-state index in [4.69, 9.17) is 4.74 Å². The van der Waals surface area contributed by atoms with Crippen LogP contribution in [0.5, 0.6) is 0 Å². The van der Waals surface area contributed by atoms with Crippen LogP contribution in [-0.2, 0) is 14.3 Å². The molecular weight excluding hydrogens is 470 g/mol. The van der Waals surface area contributed by atoms with Crippen LogP contribution in [0.2, 0.25) is 0 Å². The number of likely N-dealkylation sites (tertiary alicyclic amines) is 1. The van der Waals surface area contributed by atoms with E-state index in [-0.39, 0.29) is 35.6 Å². The van der Waals surface area contributed by atoms with Crippen LogP contribution in [-0.4, -0.2) is 98.0 Å². The fourth-order valence-electron chi connectivity index (χ4n) is 5.59. The number of fused-ring (bicyclic) bond motifs is 1. The molecular formula is C28H35N5O4. The molecule has 3 atom stereocenters. The lowest BCUT2D eigenvalue weighted by Crippen LogP contribution is -2.60. The number of hydrazine groups is 1. The molecule has 3 aliphatic heterocycles. The molecule has 2 aromatic carbocycles. The summed E-state index contributed by atoms with van der Waals surface area (Å²) in [5, 5.41) is 1.60. The number of hydrogen-bond donors (Lipinski definition) is 1. The van der Waals surface area contributed by atoms with Crippen LogP contribution in [0.3, 0.4) is 0 Å². The van der Waals surface area contributed by atoms with E-state index in [2.05, 4.69) is 10.3 Å². The van der Waals surface area contributed by atoms with Crippen molar-refractivity contribution < 1.29 is 19.1 Å². The molecule has 3 aliphatic rings. The number of nitrogens with one attached hydrogen (secondary N) is 1. The number of hydrogen-bond acceptors (Lipinski definition) is 6. The lowest BCUT2D eigenvalue weighted by Gasteiger charge is -2.42. The smallest absolute Gasteiger partial charge is 0.253 e. The summed E-state index contributed by atoms with van der Waals surface area (Å²) in [6.45, 7) is 6.32.